The van der Waals surface area contributed by atoms with E-state index in [1.54, 1.807) is 17.0 Å². The average Bonchev–Trinajstić information content (AvgIpc) is 3.09. The average molecular weight is 497 g/mol. The maximum Gasteiger partial charge on any atom is 0.288 e. The first-order valence-corrected chi connectivity index (χ1v) is 11.8. The second kappa shape index (κ2) is 8.56. The molecule has 0 bridgehead atoms. The van der Waals surface area contributed by atoms with Crippen LogP contribution in [-0.2, 0) is 10.0 Å². The monoisotopic (exact) mass is 496 g/mol. The van der Waals surface area contributed by atoms with Gasteiger partial charge in [0.2, 0.25) is 0 Å². The van der Waals surface area contributed by atoms with Crippen LogP contribution in [0.5, 0.6) is 0 Å². The number of carbonyl (C=O) groups excluding carboxylic acids is 1. The van der Waals surface area contributed by atoms with Gasteiger partial charge in [0.25, 0.3) is 21.7 Å². The van der Waals surface area contributed by atoms with Crippen LogP contribution in [0, 0.1) is 0 Å². The number of rotatable bonds is 5. The number of sulfonamides is 1. The summed E-state index contributed by atoms with van der Waals surface area (Å²) in [6.45, 7) is 0.974. The maximum atomic E-state index is 12.6. The summed E-state index contributed by atoms with van der Waals surface area (Å²) in [5.74, 6) is -2.75. The summed E-state index contributed by atoms with van der Waals surface area (Å²) >= 11 is 4.83. The number of carbonyl (C=O) groups is 1. The van der Waals surface area contributed by atoms with Crippen LogP contribution in [0.2, 0.25) is 0 Å². The molecule has 0 atom stereocenters. The minimum absolute atomic E-state index is 0.211. The molecule has 0 N–H and O–H groups in total. The number of nitrogens with zero attached hydrogens (tertiary/aromatic N) is 2. The van der Waals surface area contributed by atoms with Gasteiger partial charge >= 0.3 is 0 Å². The highest BCUT2D eigenvalue weighted by molar-refractivity contribution is 9.11. The third kappa shape index (κ3) is 4.89. The molecule has 1 aliphatic heterocycles. The molecule has 1 saturated heterocycles. The third-order valence-corrected chi connectivity index (χ3v) is 8.71. The molecule has 5 nitrogen and oxygen atoms in total. The third-order valence-electron chi connectivity index (χ3n) is 3.99. The van der Waals surface area contributed by atoms with Crippen molar-refractivity contribution in [2.45, 2.75) is 14.9 Å². The van der Waals surface area contributed by atoms with E-state index >= 15 is 0 Å². The van der Waals surface area contributed by atoms with E-state index < -0.39 is 15.8 Å². The van der Waals surface area contributed by atoms with Crippen molar-refractivity contribution in [2.75, 3.05) is 26.2 Å². The van der Waals surface area contributed by atoms with Gasteiger partial charge in [0.15, 0.2) is 0 Å². The lowest BCUT2D eigenvalue weighted by Crippen LogP contribution is -2.50. The molecule has 146 valence electrons. The van der Waals surface area contributed by atoms with Crippen molar-refractivity contribution in [2.24, 2.45) is 0 Å². The molecule has 1 fully saturated rings. The van der Waals surface area contributed by atoms with Crippen LogP contribution in [0.4, 0.5) is 8.78 Å². The Morgan fingerprint density at radius 3 is 2.22 bits per heavy atom. The van der Waals surface area contributed by atoms with Crippen LogP contribution in [0.3, 0.4) is 0 Å². The normalized spacial score (nSPS) is 16.1. The number of thiophene rings is 1. The summed E-state index contributed by atoms with van der Waals surface area (Å²) in [6.07, 6.45) is 0. The Bertz CT molecular complexity index is 911. The van der Waals surface area contributed by atoms with Gasteiger partial charge in [0.05, 0.1) is 3.79 Å². The molecule has 0 aliphatic carbocycles. The van der Waals surface area contributed by atoms with E-state index in [0.29, 0.717) is 22.2 Å². The molecule has 1 amide bonds. The summed E-state index contributed by atoms with van der Waals surface area (Å²) in [4.78, 5) is 14.5. The molecule has 0 radical (unpaired) electrons. The standard InChI is InChI=1S/C16H15BrF2N2O3S3/c17-13-5-6-14(26-13)27(23,24)21-9-7-20(8-10-21)15(22)11-1-3-12(4-2-11)25-16(18)19/h1-6,16H,7-10H2. The van der Waals surface area contributed by atoms with Crippen LogP contribution in [0.15, 0.2) is 49.3 Å². The fourth-order valence-electron chi connectivity index (χ4n) is 2.66. The minimum atomic E-state index is -3.56. The van der Waals surface area contributed by atoms with E-state index in [1.807, 2.05) is 0 Å². The lowest BCUT2D eigenvalue weighted by molar-refractivity contribution is 0.0698. The van der Waals surface area contributed by atoms with E-state index in [4.69, 9.17) is 0 Å². The number of hydrogen-bond acceptors (Lipinski definition) is 5. The van der Waals surface area contributed by atoms with Crippen LogP contribution in [-0.4, -0.2) is 55.5 Å². The van der Waals surface area contributed by atoms with Crippen molar-refractivity contribution < 1.29 is 22.0 Å². The van der Waals surface area contributed by atoms with Crippen LogP contribution in [0.25, 0.3) is 0 Å². The second-order valence-electron chi connectivity index (χ2n) is 5.66. The number of halogens is 3. The zero-order valence-corrected chi connectivity index (χ0v) is 17.9. The molecular formula is C16H15BrF2N2O3S3. The lowest BCUT2D eigenvalue weighted by atomic mass is 10.2. The van der Waals surface area contributed by atoms with Gasteiger partial charge in [0, 0.05) is 36.6 Å². The van der Waals surface area contributed by atoms with Crippen molar-refractivity contribution in [3.8, 4) is 0 Å². The van der Waals surface area contributed by atoms with Crippen molar-refractivity contribution in [1.82, 2.24) is 9.21 Å². The van der Waals surface area contributed by atoms with Gasteiger partial charge < -0.3 is 4.90 Å². The Labute approximate surface area is 172 Å². The number of thioether (sulfide) groups is 1. The Morgan fingerprint density at radius 2 is 1.70 bits per heavy atom. The maximum absolute atomic E-state index is 12.6. The summed E-state index contributed by atoms with van der Waals surface area (Å²) in [5.41, 5.74) is 0.395. The number of alkyl halides is 2. The van der Waals surface area contributed by atoms with Gasteiger partial charge in [-0.15, -0.1) is 11.3 Å². The molecule has 2 aromatic rings. The molecule has 0 spiro atoms. The predicted molar refractivity (Wildman–Crippen MR) is 105 cm³/mol. The van der Waals surface area contributed by atoms with E-state index in [-0.39, 0.29) is 36.3 Å². The van der Waals surface area contributed by atoms with Crippen molar-refractivity contribution in [3.05, 3.63) is 45.7 Å². The van der Waals surface area contributed by atoms with Gasteiger partial charge in [-0.05, 0) is 52.3 Å². The lowest BCUT2D eigenvalue weighted by Gasteiger charge is -2.33. The van der Waals surface area contributed by atoms with E-state index in [0.717, 1.165) is 15.1 Å². The molecule has 3 rings (SSSR count). The summed E-state index contributed by atoms with van der Waals surface area (Å²) in [5, 5.41) is 0. The Balaban J connectivity index is 1.62. The SMILES string of the molecule is O=C(c1ccc(SC(F)F)cc1)N1CCN(S(=O)(=O)c2ccc(Br)s2)CC1. The Hall–Kier alpha value is -1.01. The van der Waals surface area contributed by atoms with Crippen molar-refractivity contribution in [1.29, 1.82) is 0 Å². The first-order valence-electron chi connectivity index (χ1n) is 7.87. The van der Waals surface area contributed by atoms with Gasteiger partial charge in [-0.3, -0.25) is 4.79 Å². The van der Waals surface area contributed by atoms with E-state index in [9.17, 15) is 22.0 Å². The minimum Gasteiger partial charge on any atom is -0.336 e. The number of amides is 1. The fourth-order valence-corrected chi connectivity index (χ4v) is 6.74. The topological polar surface area (TPSA) is 57.7 Å². The largest absolute Gasteiger partial charge is 0.336 e. The van der Waals surface area contributed by atoms with Crippen LogP contribution >= 0.6 is 39.0 Å². The van der Waals surface area contributed by atoms with Gasteiger partial charge in [0.1, 0.15) is 4.21 Å². The summed E-state index contributed by atoms with van der Waals surface area (Å²) in [7, 11) is -3.56. The molecule has 0 unspecified atom stereocenters. The number of benzene rings is 1. The van der Waals surface area contributed by atoms with Crippen LogP contribution in [0.1, 0.15) is 10.4 Å². The van der Waals surface area contributed by atoms with Crippen molar-refractivity contribution in [3.63, 3.8) is 0 Å². The van der Waals surface area contributed by atoms with Crippen molar-refractivity contribution >= 4 is 55.0 Å². The summed E-state index contributed by atoms with van der Waals surface area (Å²) in [6, 6.07) is 9.24. The Kier molecular flexibility index (Phi) is 6.57. The summed E-state index contributed by atoms with van der Waals surface area (Å²) < 4.78 is 52.3. The molecule has 1 aliphatic rings. The van der Waals surface area contributed by atoms with Gasteiger partial charge in [-0.25, -0.2) is 8.42 Å². The zero-order valence-electron chi connectivity index (χ0n) is 13.8. The molecular weight excluding hydrogens is 482 g/mol. The molecule has 1 aromatic carbocycles. The molecule has 11 heteroatoms. The van der Waals surface area contributed by atoms with E-state index in [2.05, 4.69) is 15.9 Å². The molecule has 1 aromatic heterocycles. The first-order chi connectivity index (χ1) is 12.8. The second-order valence-corrected chi connectivity index (χ2v) is 11.3. The highest BCUT2D eigenvalue weighted by atomic mass is 79.9. The number of hydrogen-bond donors (Lipinski definition) is 0. The zero-order chi connectivity index (χ0) is 19.6. The smallest absolute Gasteiger partial charge is 0.288 e. The van der Waals surface area contributed by atoms with Gasteiger partial charge in [-0.1, -0.05) is 11.8 Å². The highest BCUT2D eigenvalue weighted by Crippen LogP contribution is 2.29. The number of piperazine rings is 1. The Morgan fingerprint density at radius 1 is 1.07 bits per heavy atom. The molecule has 0 saturated carbocycles. The van der Waals surface area contributed by atoms with Gasteiger partial charge in [-0.2, -0.15) is 13.1 Å². The highest BCUT2D eigenvalue weighted by Gasteiger charge is 2.31. The van der Waals surface area contributed by atoms with Crippen LogP contribution < -0.4 is 0 Å². The first kappa shape index (κ1) is 20.7. The quantitative estimate of drug-likeness (QED) is 0.587. The fraction of sp³-hybridized carbons (Fsp3) is 0.312. The van der Waals surface area contributed by atoms with E-state index in [1.165, 1.54) is 28.6 Å². The molecule has 2 heterocycles. The molecule has 27 heavy (non-hydrogen) atoms. The predicted octanol–water partition coefficient (Wildman–Crippen LogP) is 3.97.